The molecule has 0 radical (unpaired) electrons. The topological polar surface area (TPSA) is 327 Å². The van der Waals surface area contributed by atoms with E-state index in [4.69, 9.17) is 50.3 Å². The van der Waals surface area contributed by atoms with Crippen LogP contribution in [-0.4, -0.2) is 180 Å². The molecular formula is C79H159BrNNa3O18S. The molecule has 2 saturated heterocycles. The van der Waals surface area contributed by atoms with E-state index in [1.165, 1.54) is 289 Å². The van der Waals surface area contributed by atoms with Crippen LogP contribution >= 0.6 is 0 Å². The third-order valence-electron chi connectivity index (χ3n) is 18.0. The first-order valence-electron chi connectivity index (χ1n) is 40.5. The van der Waals surface area contributed by atoms with Crippen LogP contribution in [0.3, 0.4) is 0 Å². The van der Waals surface area contributed by atoms with E-state index in [1.807, 2.05) is 0 Å². The molecule has 0 aromatic rings. The molecule has 0 spiro atoms. The van der Waals surface area contributed by atoms with E-state index in [2.05, 4.69) is 65.2 Å². The summed E-state index contributed by atoms with van der Waals surface area (Å²) in [6.07, 6.45) is 64.7. The maximum Gasteiger partial charge on any atom is 1.00 e. The minimum absolute atomic E-state index is 0. The normalized spacial score (nSPS) is 17.3. The second-order valence-corrected chi connectivity index (χ2v) is 30.1. The molecule has 0 aliphatic carbocycles. The summed E-state index contributed by atoms with van der Waals surface area (Å²) in [6, 6.07) is 0. The smallest absolute Gasteiger partial charge is 1.00 e. The molecule has 8 N–H and O–H groups in total. The maximum absolute atomic E-state index is 10.2. The van der Waals surface area contributed by atoms with Crippen LogP contribution in [0.25, 0.3) is 0 Å². The molecule has 24 heteroatoms. The summed E-state index contributed by atoms with van der Waals surface area (Å²) in [5, 5.41) is 91.5. The number of unbranched alkanes of at least 4 members (excludes halogenated alkanes) is 47. The molecule has 103 heavy (non-hydrogen) atoms. The molecule has 19 nitrogen and oxygen atoms in total. The van der Waals surface area contributed by atoms with Crippen LogP contribution in [0.4, 0.5) is 0 Å². The standard InChI is InChI=1S/C19H42N.C18H36O2.C18H34O2.C12H26O4S.2C6H12O5.BrH.3Na/c1-5-6-7-8-9-10-11-12-13-14-15-16-17-18-19-20(2,3)4;2*1-2-3-4-5-6-7-8-9-10-11-12-13-14-15-16-17-18(19)20;1-2-3-4-5-6-7-8-9-10-11-12-16-17(13,14)15;2*7-1-3(8)6-5(10)4(9)2-11-6;;;;/h5-19H2,1-4H3;2-17H2,1H3,(H,19,20);9-10H,2-8,11-17H2,1H3,(H,19,20);2-12H2,1H3,(H,13,14,15);2*3-10H,1-2H2;1H;;;/q+1;;;;;;;3*+1/p-4/b;;10-9-;;;;;;;/t;;;;2*3-,4+,5-,6-;;;;/m....11..../s1. The third-order valence-corrected chi connectivity index (χ3v) is 18.5. The Hall–Kier alpha value is 1.59. The van der Waals surface area contributed by atoms with Gasteiger partial charge in [-0.05, 0) is 70.6 Å². The van der Waals surface area contributed by atoms with Gasteiger partial charge in [-0.25, -0.2) is 8.42 Å². The number of aliphatic carboxylic acids is 2. The number of allylic oxidation sites excluding steroid dienone is 2. The van der Waals surface area contributed by atoms with Crippen LogP contribution in [0.5, 0.6) is 0 Å². The SMILES string of the molecule is CCCCCCCC/C=C\CCCCCCCC(=O)[O-].CCCCCCCCCCCCCCCCCC(=O)[O-].CCCCCCCCCCCCCCCC[N+](C)(C)C.CCCCCCCCCCCCOS(=O)(=O)[O-].OC[C@@H](O)[C@H]1OC[C@H](O)[C@H]1O.OC[C@@H](O)[C@H]1OC[C@H](O)[C@H]1O.[Br-].[Na+].[Na+].[Na+]. The van der Waals surface area contributed by atoms with Crippen molar-refractivity contribution in [3.8, 4) is 0 Å². The fourth-order valence-electron chi connectivity index (χ4n) is 11.6. The Balaban J connectivity index is -0.000000176. The van der Waals surface area contributed by atoms with Crippen molar-refractivity contribution in [2.45, 2.75) is 423 Å². The first kappa shape index (κ1) is 120. The monoisotopic (exact) mass is 1590 g/mol. The van der Waals surface area contributed by atoms with Crippen LogP contribution in [0.2, 0.25) is 0 Å². The number of quaternary nitrogens is 1. The molecule has 2 fully saturated rings. The van der Waals surface area contributed by atoms with E-state index < -0.39 is 84.4 Å². The number of nitrogens with zero attached hydrogens (tertiary/aromatic N) is 1. The number of hydrogen-bond acceptors (Lipinski definition) is 18. The van der Waals surface area contributed by atoms with Crippen LogP contribution in [0.15, 0.2) is 12.2 Å². The first-order valence-corrected chi connectivity index (χ1v) is 41.8. The van der Waals surface area contributed by atoms with Crippen molar-refractivity contribution in [1.29, 1.82) is 0 Å². The zero-order valence-corrected chi connectivity index (χ0v) is 76.5. The fourth-order valence-corrected chi connectivity index (χ4v) is 12.0. The second kappa shape index (κ2) is 92.5. The molecule has 0 unspecified atom stereocenters. The molecule has 0 saturated carbocycles. The number of halogens is 1. The van der Waals surface area contributed by atoms with Crippen LogP contribution in [0.1, 0.15) is 374 Å². The molecule has 2 aliphatic heterocycles. The molecule has 2 rings (SSSR count). The number of carboxylic acids is 2. The fraction of sp³-hybridized carbons (Fsp3) is 0.949. The zero-order chi connectivity index (χ0) is 74.7. The van der Waals surface area contributed by atoms with E-state index in [9.17, 15) is 32.8 Å². The van der Waals surface area contributed by atoms with Gasteiger partial charge in [-0.2, -0.15) is 0 Å². The Kier molecular flexibility index (Phi) is 108. The Morgan fingerprint density at radius 1 is 0.417 bits per heavy atom. The predicted octanol–water partition coefficient (Wildman–Crippen LogP) is 2.27. The molecule has 2 heterocycles. The summed E-state index contributed by atoms with van der Waals surface area (Å²) in [5.74, 6) is -1.82. The molecule has 2 aliphatic rings. The van der Waals surface area contributed by atoms with Crippen molar-refractivity contribution in [2.24, 2.45) is 0 Å². The van der Waals surface area contributed by atoms with Gasteiger partial charge in [0.2, 0.25) is 10.4 Å². The van der Waals surface area contributed by atoms with Crippen LogP contribution < -0.4 is 116 Å². The van der Waals surface area contributed by atoms with E-state index in [1.54, 1.807) is 0 Å². The first-order chi connectivity index (χ1) is 47.5. The average molecular weight is 1590 g/mol. The Morgan fingerprint density at radius 3 is 0.845 bits per heavy atom. The predicted molar refractivity (Wildman–Crippen MR) is 399 cm³/mol. The van der Waals surface area contributed by atoms with Gasteiger partial charge < -0.3 is 96.1 Å². The van der Waals surface area contributed by atoms with Gasteiger partial charge >= 0.3 is 88.7 Å². The molecule has 8 atom stereocenters. The summed E-state index contributed by atoms with van der Waals surface area (Å²) in [7, 11) is 2.40. The van der Waals surface area contributed by atoms with Gasteiger partial charge in [0.05, 0.1) is 60.7 Å². The van der Waals surface area contributed by atoms with Crippen LogP contribution in [-0.2, 0) is 33.6 Å². The van der Waals surface area contributed by atoms with Crippen molar-refractivity contribution in [3.05, 3.63) is 12.2 Å². The van der Waals surface area contributed by atoms with E-state index in [0.29, 0.717) is 6.42 Å². The van der Waals surface area contributed by atoms with Gasteiger partial charge in [0.1, 0.15) is 48.8 Å². The number of carboxylic acid groups (broad SMARTS) is 2. The number of carbonyl (C=O) groups excluding carboxylic acids is 2. The molecule has 0 amide bonds. The van der Waals surface area contributed by atoms with Gasteiger partial charge in [0.15, 0.2) is 0 Å². The average Bonchev–Trinajstić information content (AvgIpc) is 1.74. The second-order valence-electron chi connectivity index (χ2n) is 29.0. The number of hydrogen-bond donors (Lipinski definition) is 8. The number of ether oxygens (including phenoxy) is 2. The Bertz CT molecular complexity index is 1770. The molecular weight excluding hydrogens is 1430 g/mol. The largest absolute Gasteiger partial charge is 1.00 e. The number of aliphatic hydroxyl groups is 8. The third kappa shape index (κ3) is 97.7. The number of rotatable bonds is 62. The zero-order valence-electron chi connectivity index (χ0n) is 68.1. The molecule has 0 aromatic carbocycles. The van der Waals surface area contributed by atoms with E-state index in [-0.39, 0.29) is 138 Å². The van der Waals surface area contributed by atoms with E-state index >= 15 is 0 Å². The minimum atomic E-state index is -4.48. The van der Waals surface area contributed by atoms with Crippen molar-refractivity contribution in [3.63, 3.8) is 0 Å². The summed E-state index contributed by atoms with van der Waals surface area (Å²) < 4.78 is 45.2. The minimum Gasteiger partial charge on any atom is -1.00 e. The number of aliphatic hydroxyl groups excluding tert-OH is 8. The maximum atomic E-state index is 10.2. The van der Waals surface area contributed by atoms with Gasteiger partial charge in [-0.3, -0.25) is 4.18 Å². The molecule has 0 bridgehead atoms. The molecule has 604 valence electrons. The summed E-state index contributed by atoms with van der Waals surface area (Å²) in [6.45, 7) is 9.44. The van der Waals surface area contributed by atoms with Crippen molar-refractivity contribution >= 4 is 22.3 Å². The van der Waals surface area contributed by atoms with Crippen LogP contribution in [0, 0.1) is 0 Å². The van der Waals surface area contributed by atoms with Gasteiger partial charge in [0.25, 0.3) is 0 Å². The molecule has 0 aromatic heterocycles. The van der Waals surface area contributed by atoms with Gasteiger partial charge in [-0.15, -0.1) is 0 Å². The summed E-state index contributed by atoms with van der Waals surface area (Å²) in [4.78, 5) is 20.4. The van der Waals surface area contributed by atoms with Gasteiger partial charge in [-0.1, -0.05) is 316 Å². The van der Waals surface area contributed by atoms with Gasteiger partial charge in [0, 0.05) is 11.9 Å². The van der Waals surface area contributed by atoms with E-state index in [0.717, 1.165) is 49.4 Å². The van der Waals surface area contributed by atoms with Crippen molar-refractivity contribution < 1.29 is 197 Å². The number of carbonyl (C=O) groups is 2. The Morgan fingerprint density at radius 2 is 0.641 bits per heavy atom. The van der Waals surface area contributed by atoms with Crippen molar-refractivity contribution in [1.82, 2.24) is 0 Å². The summed E-state index contributed by atoms with van der Waals surface area (Å²) in [5.41, 5.74) is 0. The summed E-state index contributed by atoms with van der Waals surface area (Å²) >= 11 is 0. The quantitative estimate of drug-likeness (QED) is 0.0108. The van der Waals surface area contributed by atoms with Crippen molar-refractivity contribution in [2.75, 3.05) is 60.7 Å². The Labute approximate surface area is 709 Å².